The Labute approximate surface area is 119 Å². The molecule has 0 saturated heterocycles. The third-order valence-corrected chi connectivity index (χ3v) is 1.13. The second kappa shape index (κ2) is 15.4. The van der Waals surface area contributed by atoms with E-state index in [9.17, 15) is 0 Å². The predicted octanol–water partition coefficient (Wildman–Crippen LogP) is -1.70. The minimum absolute atomic E-state index is 1.62. The van der Waals surface area contributed by atoms with Crippen LogP contribution in [-0.2, 0) is 4.74 Å². The Balaban J connectivity index is 0. The molecular formula is C12H17ClN2O5. The van der Waals surface area contributed by atoms with Gasteiger partial charge in [0, 0.05) is 39.0 Å². The third-order valence-electron chi connectivity index (χ3n) is 1.13. The molecule has 0 bridgehead atoms. The van der Waals surface area contributed by atoms with E-state index in [1.54, 1.807) is 39.0 Å². The number of hydrogen-bond acceptors (Lipinski definition) is 7. The van der Waals surface area contributed by atoms with E-state index in [0.717, 1.165) is 0 Å². The van der Waals surface area contributed by atoms with Gasteiger partial charge in [-0.15, -0.1) is 0 Å². The first kappa shape index (κ1) is 20.7. The van der Waals surface area contributed by atoms with Crippen molar-refractivity contribution in [3.8, 4) is 0 Å². The molecule has 0 saturated carbocycles. The van der Waals surface area contributed by atoms with Crippen molar-refractivity contribution in [3.05, 3.63) is 61.2 Å². The van der Waals surface area contributed by atoms with Gasteiger partial charge in [-0.2, -0.15) is 14.0 Å². The second-order valence-electron chi connectivity index (χ2n) is 2.85. The van der Waals surface area contributed by atoms with Gasteiger partial charge < -0.3 is 4.74 Å². The summed E-state index contributed by atoms with van der Waals surface area (Å²) in [6, 6.07) is 11.4. The fraction of sp³-hybridized carbons (Fsp3) is 0.167. The van der Waals surface area contributed by atoms with Gasteiger partial charge in [0.05, 0.1) is 14.9 Å². The van der Waals surface area contributed by atoms with Crippen LogP contribution in [0.4, 0.5) is 0 Å². The molecule has 20 heavy (non-hydrogen) atoms. The first-order chi connectivity index (χ1) is 9.41. The van der Waals surface area contributed by atoms with Gasteiger partial charge in [0.1, 0.15) is 0 Å². The first-order valence-corrected chi connectivity index (χ1v) is 6.41. The Morgan fingerprint density at radius 2 is 0.950 bits per heavy atom. The zero-order chi connectivity index (χ0) is 15.7. The lowest BCUT2D eigenvalue weighted by Gasteiger charge is -2.03. The van der Waals surface area contributed by atoms with E-state index >= 15 is 0 Å². The summed E-state index contributed by atoms with van der Waals surface area (Å²) in [5.41, 5.74) is 0. The highest BCUT2D eigenvalue weighted by Gasteiger charge is 1.98. The summed E-state index contributed by atoms with van der Waals surface area (Å²) in [5, 5.41) is 0. The van der Waals surface area contributed by atoms with Crippen molar-refractivity contribution in [2.75, 3.05) is 14.2 Å². The van der Waals surface area contributed by atoms with Crippen LogP contribution in [0.25, 0.3) is 0 Å². The Bertz CT molecular complexity index is 282. The monoisotopic (exact) mass is 304 g/mol. The van der Waals surface area contributed by atoms with Crippen LogP contribution in [0.3, 0.4) is 0 Å². The molecule has 0 fully saturated rings. The van der Waals surface area contributed by atoms with Gasteiger partial charge in [0.2, 0.25) is 0 Å². The molecular weight excluding hydrogens is 288 g/mol. The molecule has 7 nitrogen and oxygen atoms in total. The van der Waals surface area contributed by atoms with Crippen molar-refractivity contribution in [3.63, 3.8) is 0 Å². The number of methoxy groups -OCH3 is 1. The topological polar surface area (TPSA) is 124 Å². The maximum Gasteiger partial charge on any atom is 0.0777 e. The van der Waals surface area contributed by atoms with Crippen LogP contribution in [0.15, 0.2) is 61.2 Å². The van der Waals surface area contributed by atoms with Gasteiger partial charge in [-0.3, -0.25) is 9.97 Å². The van der Waals surface area contributed by atoms with Crippen molar-refractivity contribution in [2.24, 2.45) is 0 Å². The molecule has 0 aliphatic heterocycles. The summed E-state index contributed by atoms with van der Waals surface area (Å²) in [5.74, 6) is 0. The summed E-state index contributed by atoms with van der Waals surface area (Å²) >= 11 is 0. The van der Waals surface area contributed by atoms with Crippen LogP contribution in [0.5, 0.6) is 0 Å². The van der Waals surface area contributed by atoms with Crippen molar-refractivity contribution < 1.29 is 33.6 Å². The van der Waals surface area contributed by atoms with Gasteiger partial charge >= 0.3 is 0 Å². The fourth-order valence-corrected chi connectivity index (χ4v) is 0.625. The van der Waals surface area contributed by atoms with Gasteiger partial charge in [0.15, 0.2) is 0 Å². The number of rotatable bonds is 0. The van der Waals surface area contributed by atoms with Crippen molar-refractivity contribution in [2.45, 2.75) is 0 Å². The zero-order valence-electron chi connectivity index (χ0n) is 11.1. The van der Waals surface area contributed by atoms with E-state index in [1.807, 2.05) is 36.4 Å². The van der Waals surface area contributed by atoms with Crippen LogP contribution in [0.2, 0.25) is 0 Å². The van der Waals surface area contributed by atoms with Crippen LogP contribution < -0.4 is 14.0 Å². The smallest absolute Gasteiger partial charge is 0.0777 e. The van der Waals surface area contributed by atoms with Crippen molar-refractivity contribution in [1.29, 1.82) is 0 Å². The Hall–Kier alpha value is -1.61. The number of aromatic nitrogens is 2. The largest absolute Gasteiger partial charge is 0.388 e. The van der Waals surface area contributed by atoms with E-state index in [-0.39, 0.29) is 0 Å². The lowest BCUT2D eigenvalue weighted by molar-refractivity contribution is -1.92. The van der Waals surface area contributed by atoms with Gasteiger partial charge in [-0.05, 0) is 24.3 Å². The van der Waals surface area contributed by atoms with E-state index < -0.39 is 10.2 Å². The molecule has 0 radical (unpaired) electrons. The highest BCUT2D eigenvalue weighted by atomic mass is 35.7. The summed E-state index contributed by atoms with van der Waals surface area (Å²) in [7, 11) is -1.44. The molecule has 2 aromatic heterocycles. The molecule has 2 heterocycles. The van der Waals surface area contributed by atoms with Gasteiger partial charge in [-0.1, -0.05) is 12.1 Å². The zero-order valence-corrected chi connectivity index (χ0v) is 11.9. The van der Waals surface area contributed by atoms with E-state index in [4.69, 9.17) is 18.6 Å². The summed E-state index contributed by atoms with van der Waals surface area (Å²) in [6.07, 6.45) is 7.00. The number of pyridine rings is 2. The highest BCUT2D eigenvalue weighted by molar-refractivity contribution is 4.88. The summed E-state index contributed by atoms with van der Waals surface area (Å²) in [4.78, 5) is 7.57. The van der Waals surface area contributed by atoms with Crippen molar-refractivity contribution >= 4 is 0 Å². The van der Waals surface area contributed by atoms with E-state index in [1.165, 1.54) is 0 Å². The highest BCUT2D eigenvalue weighted by Crippen LogP contribution is 1.74. The summed E-state index contributed by atoms with van der Waals surface area (Å²) < 4.78 is 37.0. The molecule has 0 aliphatic rings. The maximum atomic E-state index is 8.60. The van der Waals surface area contributed by atoms with Crippen LogP contribution in [-0.4, -0.2) is 28.8 Å². The molecule has 8 heteroatoms. The third kappa shape index (κ3) is 36.0. The number of ether oxygens (including phenoxy) is 1. The molecule has 2 aromatic rings. The fourth-order valence-electron chi connectivity index (χ4n) is 0.625. The standard InChI is InChI=1S/2C5H5N.C2H6O.ClHO4/c2*1-2-4-6-5-3-1;1-3-2;2-1(3,4)5/h2*1-5H;1-2H3;(H,2,3,4,5). The van der Waals surface area contributed by atoms with Crippen LogP contribution in [0, 0.1) is 10.2 Å². The molecule has 0 spiro atoms. The Morgan fingerprint density at radius 1 is 0.750 bits per heavy atom. The average molecular weight is 305 g/mol. The Morgan fingerprint density at radius 3 is 1.00 bits per heavy atom. The maximum absolute atomic E-state index is 8.60. The minimum atomic E-state index is -4.69. The van der Waals surface area contributed by atoms with E-state index in [0.29, 0.717) is 0 Å². The molecule has 112 valence electrons. The molecule has 2 rings (SSSR count). The Kier molecular flexibility index (Phi) is 16.0. The lowest BCUT2D eigenvalue weighted by atomic mass is 10.5. The average Bonchev–Trinajstić information content (AvgIpc) is 2.42. The minimum Gasteiger partial charge on any atom is -0.388 e. The number of halogens is 1. The van der Waals surface area contributed by atoms with Crippen LogP contribution >= 0.6 is 0 Å². The second-order valence-corrected chi connectivity index (χ2v) is 3.65. The molecule has 0 aliphatic carbocycles. The quantitative estimate of drug-likeness (QED) is 0.615. The molecule has 0 unspecified atom stereocenters. The predicted molar refractivity (Wildman–Crippen MR) is 63.6 cm³/mol. The molecule has 0 atom stereocenters. The van der Waals surface area contributed by atoms with Gasteiger partial charge in [0.25, 0.3) is 0 Å². The van der Waals surface area contributed by atoms with Crippen LogP contribution in [0.1, 0.15) is 0 Å². The summed E-state index contributed by atoms with van der Waals surface area (Å²) in [6.45, 7) is 0. The number of nitrogens with zero attached hydrogens (tertiary/aromatic N) is 2. The SMILES string of the molecule is COC.[O-][Cl+3]([O-])([O-])O.c1ccncc1.c1ccncc1. The normalized spacial score (nSPS) is 8.70. The first-order valence-electron chi connectivity index (χ1n) is 5.15. The molecule has 1 N–H and O–H groups in total. The molecule has 0 amide bonds. The number of hydrogen-bond donors (Lipinski definition) is 1. The van der Waals surface area contributed by atoms with Gasteiger partial charge in [-0.25, -0.2) is 0 Å². The van der Waals surface area contributed by atoms with Crippen molar-refractivity contribution in [1.82, 2.24) is 9.97 Å². The van der Waals surface area contributed by atoms with E-state index in [2.05, 4.69) is 14.7 Å². The lowest BCUT2D eigenvalue weighted by Crippen LogP contribution is -2.58. The molecule has 0 aromatic carbocycles.